The van der Waals surface area contributed by atoms with Crippen LogP contribution in [0.5, 0.6) is 0 Å². The summed E-state index contributed by atoms with van der Waals surface area (Å²) in [6, 6.07) is 10.4. The van der Waals surface area contributed by atoms with Crippen molar-refractivity contribution in [1.82, 2.24) is 25.4 Å². The van der Waals surface area contributed by atoms with Crippen molar-refractivity contribution in [3.05, 3.63) is 48.0 Å². The third-order valence-corrected chi connectivity index (χ3v) is 5.83. The van der Waals surface area contributed by atoms with Gasteiger partial charge in [0, 0.05) is 19.6 Å². The summed E-state index contributed by atoms with van der Waals surface area (Å²) >= 11 is 0. The molecule has 1 saturated carbocycles. The predicted octanol–water partition coefficient (Wildman–Crippen LogP) is 2.28. The molecule has 1 aromatic heterocycles. The molecule has 6 nitrogen and oxygen atoms in total. The zero-order valence-corrected chi connectivity index (χ0v) is 14.6. The molecule has 2 aromatic rings. The molecule has 1 aromatic carbocycles. The third-order valence-electron chi connectivity index (χ3n) is 5.83. The number of carbonyl (C=O) groups excluding carboxylic acids is 1. The van der Waals surface area contributed by atoms with Crippen LogP contribution in [0.15, 0.2) is 36.7 Å². The highest BCUT2D eigenvalue weighted by Crippen LogP contribution is 2.49. The summed E-state index contributed by atoms with van der Waals surface area (Å²) in [5.41, 5.74) is 1.07. The van der Waals surface area contributed by atoms with Crippen molar-refractivity contribution >= 4 is 5.91 Å². The lowest BCUT2D eigenvalue weighted by Crippen LogP contribution is -2.45. The summed E-state index contributed by atoms with van der Waals surface area (Å²) in [5.74, 6) is 1.34. The number of aromatic amines is 1. The fourth-order valence-corrected chi connectivity index (χ4v) is 4.56. The maximum absolute atomic E-state index is 13.2. The molecule has 0 unspecified atom stereocenters. The Kier molecular flexibility index (Phi) is 4.29. The van der Waals surface area contributed by atoms with Gasteiger partial charge in [-0.15, -0.1) is 0 Å². The second-order valence-corrected chi connectivity index (χ2v) is 7.47. The fourth-order valence-electron chi connectivity index (χ4n) is 4.56. The summed E-state index contributed by atoms with van der Waals surface area (Å²) in [6.07, 6.45) is 4.76. The first-order valence-corrected chi connectivity index (χ1v) is 9.10. The van der Waals surface area contributed by atoms with Crippen LogP contribution in [0, 0.1) is 11.3 Å². The number of hydrogen-bond acceptors (Lipinski definition) is 4. The van der Waals surface area contributed by atoms with E-state index in [1.807, 2.05) is 13.0 Å². The number of fused-ring (bicyclic) bond motifs is 1. The van der Waals surface area contributed by atoms with Crippen molar-refractivity contribution in [2.75, 3.05) is 13.1 Å². The molecule has 1 amide bonds. The Balaban J connectivity index is 1.46. The van der Waals surface area contributed by atoms with Gasteiger partial charge in [-0.3, -0.25) is 14.8 Å². The number of nitrogens with one attached hydrogen (secondary N) is 2. The molecule has 4 rings (SSSR count). The molecule has 2 fully saturated rings. The quantitative estimate of drug-likeness (QED) is 0.876. The maximum atomic E-state index is 13.2. The SMILES string of the molecule is C[C@@H](NC(=O)[C@@]12CCC[C@@H]1CN(Cc1ccccc1)C2)c1ncn[nH]1. The minimum atomic E-state index is -0.247. The van der Waals surface area contributed by atoms with Gasteiger partial charge in [-0.25, -0.2) is 4.98 Å². The van der Waals surface area contributed by atoms with Crippen molar-refractivity contribution in [3.63, 3.8) is 0 Å². The van der Waals surface area contributed by atoms with Gasteiger partial charge >= 0.3 is 0 Å². The van der Waals surface area contributed by atoms with E-state index in [0.717, 1.165) is 38.9 Å². The molecule has 0 radical (unpaired) electrons. The monoisotopic (exact) mass is 339 g/mol. The van der Waals surface area contributed by atoms with E-state index in [0.29, 0.717) is 11.7 Å². The first-order chi connectivity index (χ1) is 12.2. The highest BCUT2D eigenvalue weighted by Gasteiger charge is 2.54. The molecule has 25 heavy (non-hydrogen) atoms. The zero-order valence-electron chi connectivity index (χ0n) is 14.6. The number of H-pyrrole nitrogens is 1. The van der Waals surface area contributed by atoms with E-state index in [1.165, 1.54) is 11.9 Å². The van der Waals surface area contributed by atoms with Crippen molar-refractivity contribution in [1.29, 1.82) is 0 Å². The molecule has 132 valence electrons. The highest BCUT2D eigenvalue weighted by atomic mass is 16.2. The molecule has 1 saturated heterocycles. The summed E-state index contributed by atoms with van der Waals surface area (Å²) in [5, 5.41) is 9.89. The zero-order chi connectivity index (χ0) is 17.3. The number of nitrogens with zero attached hydrogens (tertiary/aromatic N) is 3. The minimum absolute atomic E-state index is 0.145. The van der Waals surface area contributed by atoms with Crippen LogP contribution in [0.3, 0.4) is 0 Å². The predicted molar refractivity (Wildman–Crippen MR) is 94.4 cm³/mol. The number of likely N-dealkylation sites (tertiary alicyclic amines) is 1. The van der Waals surface area contributed by atoms with Crippen molar-refractivity contribution in [2.45, 2.75) is 38.8 Å². The van der Waals surface area contributed by atoms with Crippen molar-refractivity contribution in [2.24, 2.45) is 11.3 Å². The van der Waals surface area contributed by atoms with Crippen LogP contribution in [0.1, 0.15) is 43.6 Å². The summed E-state index contributed by atoms with van der Waals surface area (Å²) in [4.78, 5) is 19.8. The molecule has 1 aliphatic heterocycles. The Labute approximate surface area is 148 Å². The van der Waals surface area contributed by atoms with Crippen LogP contribution >= 0.6 is 0 Å². The topological polar surface area (TPSA) is 73.9 Å². The molecular formula is C19H25N5O. The van der Waals surface area contributed by atoms with Crippen LogP contribution in [-0.4, -0.2) is 39.1 Å². The van der Waals surface area contributed by atoms with E-state index in [-0.39, 0.29) is 17.4 Å². The van der Waals surface area contributed by atoms with E-state index >= 15 is 0 Å². The molecule has 3 atom stereocenters. The third kappa shape index (κ3) is 3.06. The van der Waals surface area contributed by atoms with Gasteiger partial charge in [-0.1, -0.05) is 36.8 Å². The molecule has 0 spiro atoms. The van der Waals surface area contributed by atoms with E-state index < -0.39 is 0 Å². The van der Waals surface area contributed by atoms with Gasteiger partial charge in [-0.2, -0.15) is 5.10 Å². The first-order valence-electron chi connectivity index (χ1n) is 9.10. The van der Waals surface area contributed by atoms with Crippen LogP contribution in [-0.2, 0) is 11.3 Å². The van der Waals surface area contributed by atoms with Gasteiger partial charge in [0.25, 0.3) is 0 Å². The van der Waals surface area contributed by atoms with Crippen LogP contribution in [0.4, 0.5) is 0 Å². The Bertz CT molecular complexity index is 717. The standard InChI is InChI=1S/C19H25N5O/c1-14(17-20-13-21-23-17)22-18(25)19-9-5-8-16(19)11-24(12-19)10-15-6-3-2-4-7-15/h2-4,6-7,13-14,16H,5,8-12H2,1H3,(H,22,25)(H,20,21,23)/t14-,16-,19-/m1/s1. The molecular weight excluding hydrogens is 314 g/mol. The minimum Gasteiger partial charge on any atom is -0.346 e. The van der Waals surface area contributed by atoms with Gasteiger partial charge in [0.05, 0.1) is 11.5 Å². The van der Waals surface area contributed by atoms with E-state index in [2.05, 4.69) is 49.7 Å². The molecule has 1 aliphatic carbocycles. The normalized spacial score (nSPS) is 27.2. The van der Waals surface area contributed by atoms with Gasteiger partial charge in [-0.05, 0) is 31.2 Å². The Morgan fingerprint density at radius 3 is 3.04 bits per heavy atom. The lowest BCUT2D eigenvalue weighted by atomic mass is 9.79. The van der Waals surface area contributed by atoms with E-state index in [4.69, 9.17) is 0 Å². The van der Waals surface area contributed by atoms with E-state index in [9.17, 15) is 4.79 Å². The number of carbonyl (C=O) groups is 1. The molecule has 2 aliphatic rings. The van der Waals surface area contributed by atoms with Gasteiger partial charge < -0.3 is 5.32 Å². The second kappa shape index (κ2) is 6.59. The first kappa shape index (κ1) is 16.3. The lowest BCUT2D eigenvalue weighted by Gasteiger charge is -2.29. The molecule has 2 heterocycles. The average Bonchev–Trinajstić information content (AvgIpc) is 3.31. The second-order valence-electron chi connectivity index (χ2n) is 7.47. The summed E-state index contributed by atoms with van der Waals surface area (Å²) < 4.78 is 0. The number of hydrogen-bond donors (Lipinski definition) is 2. The van der Waals surface area contributed by atoms with Gasteiger partial charge in [0.15, 0.2) is 0 Å². The smallest absolute Gasteiger partial charge is 0.228 e. The molecule has 6 heteroatoms. The number of aromatic nitrogens is 3. The van der Waals surface area contributed by atoms with Gasteiger partial charge in [0.2, 0.25) is 5.91 Å². The molecule has 2 N–H and O–H groups in total. The maximum Gasteiger partial charge on any atom is 0.228 e. The Morgan fingerprint density at radius 1 is 1.44 bits per heavy atom. The largest absolute Gasteiger partial charge is 0.346 e. The number of amides is 1. The Morgan fingerprint density at radius 2 is 2.28 bits per heavy atom. The van der Waals surface area contributed by atoms with Crippen molar-refractivity contribution in [3.8, 4) is 0 Å². The van der Waals surface area contributed by atoms with Crippen LogP contribution in [0.25, 0.3) is 0 Å². The van der Waals surface area contributed by atoms with Crippen molar-refractivity contribution < 1.29 is 4.79 Å². The average molecular weight is 339 g/mol. The highest BCUT2D eigenvalue weighted by molar-refractivity contribution is 5.84. The summed E-state index contributed by atoms with van der Waals surface area (Å²) in [7, 11) is 0. The Hall–Kier alpha value is -2.21. The lowest BCUT2D eigenvalue weighted by molar-refractivity contribution is -0.132. The number of rotatable bonds is 5. The van der Waals surface area contributed by atoms with E-state index in [1.54, 1.807) is 0 Å². The van der Waals surface area contributed by atoms with Crippen LogP contribution < -0.4 is 5.32 Å². The molecule has 0 bridgehead atoms. The summed E-state index contributed by atoms with van der Waals surface area (Å²) in [6.45, 7) is 4.74. The van der Waals surface area contributed by atoms with Gasteiger partial charge in [0.1, 0.15) is 12.2 Å². The number of benzene rings is 1. The van der Waals surface area contributed by atoms with Crippen LogP contribution in [0.2, 0.25) is 0 Å². The fraction of sp³-hybridized carbons (Fsp3) is 0.526.